The van der Waals surface area contributed by atoms with Gasteiger partial charge in [0.25, 0.3) is 5.56 Å². The predicted octanol–water partition coefficient (Wildman–Crippen LogP) is 4.43. The maximum absolute atomic E-state index is 13.3. The van der Waals surface area contributed by atoms with Crippen LogP contribution in [0.2, 0.25) is 0 Å². The number of rotatable bonds is 6. The number of carbonyl (C=O) groups is 1. The molecule has 0 aliphatic heterocycles. The molecule has 0 aliphatic rings. The van der Waals surface area contributed by atoms with Crippen LogP contribution >= 0.6 is 11.8 Å². The second-order valence-electron chi connectivity index (χ2n) is 6.96. The number of aromatic nitrogens is 2. The Kier molecular flexibility index (Phi) is 6.04. The number of para-hydroxylation sites is 1. The zero-order valence-electron chi connectivity index (χ0n) is 17.2. The third-order valence-corrected chi connectivity index (χ3v) is 5.65. The van der Waals surface area contributed by atoms with Gasteiger partial charge in [-0.15, -0.1) is 0 Å². The van der Waals surface area contributed by atoms with Crippen molar-refractivity contribution in [2.75, 3.05) is 18.2 Å². The van der Waals surface area contributed by atoms with Gasteiger partial charge in [-0.2, -0.15) is 0 Å². The molecule has 0 aliphatic carbocycles. The predicted molar refractivity (Wildman–Crippen MR) is 124 cm³/mol. The summed E-state index contributed by atoms with van der Waals surface area (Å²) in [6, 6.07) is 22.0. The molecule has 0 radical (unpaired) electrons. The lowest BCUT2D eigenvalue weighted by Crippen LogP contribution is -2.23. The quantitative estimate of drug-likeness (QED) is 0.361. The molecule has 6 nitrogen and oxygen atoms in total. The number of methoxy groups -OCH3 is 1. The Hall–Kier alpha value is -3.58. The fraction of sp³-hybridized carbons (Fsp3) is 0.125. The molecule has 0 saturated heterocycles. The van der Waals surface area contributed by atoms with Crippen molar-refractivity contribution in [2.45, 2.75) is 12.1 Å². The van der Waals surface area contributed by atoms with Crippen LogP contribution in [0.25, 0.3) is 16.6 Å². The summed E-state index contributed by atoms with van der Waals surface area (Å²) >= 11 is 1.22. The molecule has 0 bridgehead atoms. The molecule has 1 aromatic heterocycles. The van der Waals surface area contributed by atoms with Crippen LogP contribution < -0.4 is 15.6 Å². The van der Waals surface area contributed by atoms with Crippen molar-refractivity contribution < 1.29 is 9.53 Å². The van der Waals surface area contributed by atoms with E-state index in [9.17, 15) is 9.59 Å². The van der Waals surface area contributed by atoms with Gasteiger partial charge in [-0.1, -0.05) is 36.0 Å². The number of nitrogens with zero attached hydrogens (tertiary/aromatic N) is 2. The molecule has 0 fully saturated rings. The van der Waals surface area contributed by atoms with Crippen molar-refractivity contribution in [3.8, 4) is 11.4 Å². The van der Waals surface area contributed by atoms with Gasteiger partial charge in [-0.25, -0.2) is 4.98 Å². The molecule has 4 aromatic rings. The summed E-state index contributed by atoms with van der Waals surface area (Å²) in [5, 5.41) is 3.86. The number of hydrogen-bond donors (Lipinski definition) is 1. The largest absolute Gasteiger partial charge is 0.497 e. The summed E-state index contributed by atoms with van der Waals surface area (Å²) in [5.41, 5.74) is 2.88. The minimum absolute atomic E-state index is 0.120. The summed E-state index contributed by atoms with van der Waals surface area (Å²) in [6.45, 7) is 1.97. The summed E-state index contributed by atoms with van der Waals surface area (Å²) in [5.74, 6) is 0.645. The number of benzene rings is 3. The number of ether oxygens (including phenoxy) is 1. The van der Waals surface area contributed by atoms with E-state index < -0.39 is 0 Å². The molecule has 0 atom stereocenters. The fourth-order valence-electron chi connectivity index (χ4n) is 3.22. The minimum Gasteiger partial charge on any atom is -0.497 e. The van der Waals surface area contributed by atoms with Gasteiger partial charge in [0.05, 0.1) is 29.5 Å². The second kappa shape index (κ2) is 9.06. The minimum atomic E-state index is -0.183. The molecule has 1 amide bonds. The van der Waals surface area contributed by atoms with Crippen molar-refractivity contribution in [2.24, 2.45) is 0 Å². The average molecular weight is 432 g/mol. The Bertz CT molecular complexity index is 1300. The topological polar surface area (TPSA) is 73.2 Å². The summed E-state index contributed by atoms with van der Waals surface area (Å²) in [4.78, 5) is 30.4. The Morgan fingerprint density at radius 1 is 1.06 bits per heavy atom. The Balaban J connectivity index is 1.67. The van der Waals surface area contributed by atoms with E-state index in [0.717, 1.165) is 11.3 Å². The van der Waals surface area contributed by atoms with Gasteiger partial charge in [0.1, 0.15) is 5.75 Å². The van der Waals surface area contributed by atoms with Crippen LogP contribution in [-0.2, 0) is 4.79 Å². The SMILES string of the molecule is COc1ccc(-n2c(SCC(=O)Nc3cccc(C)c3)nc3ccccc3c2=O)cc1. The smallest absolute Gasteiger partial charge is 0.266 e. The first-order valence-electron chi connectivity index (χ1n) is 9.71. The molecule has 31 heavy (non-hydrogen) atoms. The molecule has 0 saturated carbocycles. The van der Waals surface area contributed by atoms with E-state index in [1.54, 1.807) is 43.5 Å². The van der Waals surface area contributed by atoms with Gasteiger partial charge < -0.3 is 10.1 Å². The van der Waals surface area contributed by atoms with Crippen LogP contribution in [-0.4, -0.2) is 28.3 Å². The first-order chi connectivity index (χ1) is 15.0. The summed E-state index contributed by atoms with van der Waals surface area (Å²) in [6.07, 6.45) is 0. The Morgan fingerprint density at radius 2 is 1.84 bits per heavy atom. The highest BCUT2D eigenvalue weighted by atomic mass is 32.2. The van der Waals surface area contributed by atoms with Crippen LogP contribution in [0.3, 0.4) is 0 Å². The number of nitrogens with one attached hydrogen (secondary N) is 1. The maximum atomic E-state index is 13.3. The zero-order valence-corrected chi connectivity index (χ0v) is 18.0. The lowest BCUT2D eigenvalue weighted by atomic mass is 10.2. The Morgan fingerprint density at radius 3 is 2.58 bits per heavy atom. The molecular weight excluding hydrogens is 410 g/mol. The van der Waals surface area contributed by atoms with E-state index in [4.69, 9.17) is 4.74 Å². The van der Waals surface area contributed by atoms with Crippen LogP contribution in [0, 0.1) is 6.92 Å². The van der Waals surface area contributed by atoms with E-state index in [2.05, 4.69) is 10.3 Å². The molecule has 7 heteroatoms. The van der Waals surface area contributed by atoms with Gasteiger partial charge in [-0.3, -0.25) is 14.2 Å². The third kappa shape index (κ3) is 4.62. The van der Waals surface area contributed by atoms with Crippen molar-refractivity contribution in [3.05, 3.63) is 88.7 Å². The van der Waals surface area contributed by atoms with Crippen molar-refractivity contribution in [1.82, 2.24) is 9.55 Å². The van der Waals surface area contributed by atoms with Crippen LogP contribution in [0.15, 0.2) is 82.7 Å². The first kappa shape index (κ1) is 20.7. The van der Waals surface area contributed by atoms with Crippen LogP contribution in [0.4, 0.5) is 5.69 Å². The lowest BCUT2D eigenvalue weighted by molar-refractivity contribution is -0.113. The van der Waals surface area contributed by atoms with Crippen LogP contribution in [0.1, 0.15) is 5.56 Å². The van der Waals surface area contributed by atoms with Crippen molar-refractivity contribution in [3.63, 3.8) is 0 Å². The zero-order chi connectivity index (χ0) is 21.8. The fourth-order valence-corrected chi connectivity index (χ4v) is 4.03. The highest BCUT2D eigenvalue weighted by molar-refractivity contribution is 7.99. The van der Waals surface area contributed by atoms with E-state index in [1.807, 2.05) is 43.3 Å². The highest BCUT2D eigenvalue weighted by Crippen LogP contribution is 2.23. The van der Waals surface area contributed by atoms with E-state index in [1.165, 1.54) is 16.3 Å². The standard InChI is InChI=1S/C24H21N3O3S/c1-16-6-5-7-17(14-16)25-22(28)15-31-24-26-21-9-4-3-8-20(21)23(29)27(24)18-10-12-19(30-2)13-11-18/h3-14H,15H2,1-2H3,(H,25,28). The second-order valence-corrected chi connectivity index (χ2v) is 7.90. The summed E-state index contributed by atoms with van der Waals surface area (Å²) < 4.78 is 6.75. The number of carbonyl (C=O) groups excluding carboxylic acids is 1. The first-order valence-corrected chi connectivity index (χ1v) is 10.7. The molecule has 3 aromatic carbocycles. The average Bonchev–Trinajstić information content (AvgIpc) is 2.78. The van der Waals surface area contributed by atoms with Gasteiger partial charge in [0.2, 0.25) is 5.91 Å². The Labute approximate surface area is 183 Å². The number of fused-ring (bicyclic) bond motifs is 1. The molecule has 1 heterocycles. The van der Waals surface area contributed by atoms with Gasteiger partial charge in [-0.05, 0) is 61.0 Å². The molecule has 0 unspecified atom stereocenters. The molecule has 4 rings (SSSR count). The van der Waals surface area contributed by atoms with Gasteiger partial charge in [0, 0.05) is 5.69 Å². The molecule has 0 spiro atoms. The molecular formula is C24H21N3O3S. The van der Waals surface area contributed by atoms with Crippen LogP contribution in [0.5, 0.6) is 5.75 Å². The monoisotopic (exact) mass is 431 g/mol. The summed E-state index contributed by atoms with van der Waals surface area (Å²) in [7, 11) is 1.59. The van der Waals surface area contributed by atoms with E-state index in [-0.39, 0.29) is 17.2 Å². The van der Waals surface area contributed by atoms with Crippen molar-refractivity contribution in [1.29, 1.82) is 0 Å². The van der Waals surface area contributed by atoms with E-state index in [0.29, 0.717) is 27.5 Å². The van der Waals surface area contributed by atoms with Gasteiger partial charge in [0.15, 0.2) is 5.16 Å². The number of thioether (sulfide) groups is 1. The normalized spacial score (nSPS) is 10.8. The number of hydrogen-bond acceptors (Lipinski definition) is 5. The molecule has 1 N–H and O–H groups in total. The number of amides is 1. The number of aryl methyl sites for hydroxylation is 1. The molecule has 156 valence electrons. The maximum Gasteiger partial charge on any atom is 0.266 e. The highest BCUT2D eigenvalue weighted by Gasteiger charge is 2.15. The number of anilines is 1. The van der Waals surface area contributed by atoms with Gasteiger partial charge >= 0.3 is 0 Å². The van der Waals surface area contributed by atoms with E-state index >= 15 is 0 Å². The van der Waals surface area contributed by atoms with Crippen molar-refractivity contribution >= 4 is 34.3 Å². The third-order valence-electron chi connectivity index (χ3n) is 4.71. The lowest BCUT2D eigenvalue weighted by Gasteiger charge is -2.14.